The largest absolute Gasteiger partial charge is 0.426 e. The van der Waals surface area contributed by atoms with Gasteiger partial charge in [0.1, 0.15) is 5.75 Å². The predicted octanol–water partition coefficient (Wildman–Crippen LogP) is 5.37. The predicted molar refractivity (Wildman–Crippen MR) is 86.3 cm³/mol. The molecule has 0 amide bonds. The summed E-state index contributed by atoms with van der Waals surface area (Å²) in [5, 5.41) is 0. The van der Waals surface area contributed by atoms with Crippen molar-refractivity contribution in [3.05, 3.63) is 30.3 Å². The second-order valence-corrected chi connectivity index (χ2v) is 6.30. The van der Waals surface area contributed by atoms with Gasteiger partial charge < -0.3 is 4.74 Å². The van der Waals surface area contributed by atoms with Crippen molar-refractivity contribution in [2.24, 2.45) is 11.8 Å². The number of hydrogen-bond acceptors (Lipinski definition) is 2. The third-order valence-electron chi connectivity index (χ3n) is 4.61. The topological polar surface area (TPSA) is 26.3 Å². The van der Waals surface area contributed by atoms with Crippen LogP contribution in [-0.4, -0.2) is 5.97 Å². The maximum Gasteiger partial charge on any atom is 0.314 e. The summed E-state index contributed by atoms with van der Waals surface area (Å²) >= 11 is 0. The number of benzene rings is 1. The van der Waals surface area contributed by atoms with Gasteiger partial charge >= 0.3 is 5.97 Å². The standard InChI is InChI=1S/C19H28O2/c1-2-3-4-6-9-16-12-14-17(15-13-16)19(20)21-18-10-7-5-8-11-18/h5,7-8,10-11,16-17H,2-4,6,9,12-15H2,1H3. The molecule has 21 heavy (non-hydrogen) atoms. The fourth-order valence-corrected chi connectivity index (χ4v) is 3.23. The van der Waals surface area contributed by atoms with Gasteiger partial charge in [0, 0.05) is 0 Å². The maximum atomic E-state index is 12.2. The van der Waals surface area contributed by atoms with Gasteiger partial charge in [0.05, 0.1) is 5.92 Å². The second kappa shape index (κ2) is 8.86. The average molecular weight is 288 g/mol. The molecule has 0 bridgehead atoms. The molecule has 0 spiro atoms. The van der Waals surface area contributed by atoms with E-state index >= 15 is 0 Å². The number of carbonyl (C=O) groups excluding carboxylic acids is 1. The van der Waals surface area contributed by atoms with Crippen LogP contribution in [0.4, 0.5) is 0 Å². The van der Waals surface area contributed by atoms with E-state index in [9.17, 15) is 4.79 Å². The molecule has 1 fully saturated rings. The van der Waals surface area contributed by atoms with Crippen LogP contribution in [0, 0.1) is 11.8 Å². The van der Waals surface area contributed by atoms with Crippen molar-refractivity contribution in [1.29, 1.82) is 0 Å². The van der Waals surface area contributed by atoms with Crippen LogP contribution in [0.3, 0.4) is 0 Å². The zero-order valence-corrected chi connectivity index (χ0v) is 13.2. The molecule has 116 valence electrons. The van der Waals surface area contributed by atoms with Crippen LogP contribution in [0.2, 0.25) is 0 Å². The third kappa shape index (κ3) is 5.53. The first-order chi connectivity index (χ1) is 10.3. The van der Waals surface area contributed by atoms with Gasteiger partial charge in [-0.2, -0.15) is 0 Å². The molecular formula is C19H28O2. The molecule has 2 heteroatoms. The van der Waals surface area contributed by atoms with Crippen LogP contribution in [-0.2, 0) is 4.79 Å². The molecule has 1 aliphatic carbocycles. The number of rotatable bonds is 7. The highest BCUT2D eigenvalue weighted by Crippen LogP contribution is 2.33. The van der Waals surface area contributed by atoms with Gasteiger partial charge in [-0.05, 0) is 43.7 Å². The quantitative estimate of drug-likeness (QED) is 0.383. The Bertz CT molecular complexity index is 405. The van der Waals surface area contributed by atoms with Crippen molar-refractivity contribution in [2.75, 3.05) is 0 Å². The van der Waals surface area contributed by atoms with Crippen LogP contribution in [0.5, 0.6) is 5.75 Å². The van der Waals surface area contributed by atoms with Crippen LogP contribution in [0.1, 0.15) is 64.7 Å². The molecule has 1 aromatic rings. The molecule has 0 saturated heterocycles. The van der Waals surface area contributed by atoms with Crippen molar-refractivity contribution in [1.82, 2.24) is 0 Å². The lowest BCUT2D eigenvalue weighted by Gasteiger charge is -2.27. The van der Waals surface area contributed by atoms with E-state index in [2.05, 4.69) is 6.92 Å². The smallest absolute Gasteiger partial charge is 0.314 e. The molecule has 0 atom stereocenters. The summed E-state index contributed by atoms with van der Waals surface area (Å²) in [6.45, 7) is 2.25. The van der Waals surface area contributed by atoms with Crippen LogP contribution in [0.25, 0.3) is 0 Å². The average Bonchev–Trinajstić information content (AvgIpc) is 2.53. The summed E-state index contributed by atoms with van der Waals surface area (Å²) in [5.74, 6) is 1.58. The lowest BCUT2D eigenvalue weighted by atomic mass is 9.80. The van der Waals surface area contributed by atoms with Gasteiger partial charge in [0.2, 0.25) is 0 Å². The molecule has 0 aromatic heterocycles. The summed E-state index contributed by atoms with van der Waals surface area (Å²) in [6.07, 6.45) is 11.1. The van der Waals surface area contributed by atoms with E-state index in [-0.39, 0.29) is 11.9 Å². The van der Waals surface area contributed by atoms with Gasteiger partial charge in [-0.1, -0.05) is 57.2 Å². The second-order valence-electron chi connectivity index (χ2n) is 6.30. The summed E-state index contributed by atoms with van der Waals surface area (Å²) in [4.78, 5) is 12.2. The molecule has 0 aliphatic heterocycles. The number of esters is 1. The van der Waals surface area contributed by atoms with Crippen molar-refractivity contribution in [3.63, 3.8) is 0 Å². The van der Waals surface area contributed by atoms with Gasteiger partial charge in [-0.25, -0.2) is 0 Å². The molecule has 0 radical (unpaired) electrons. The van der Waals surface area contributed by atoms with Gasteiger partial charge in [0.15, 0.2) is 0 Å². The SMILES string of the molecule is CCCCCCC1CCC(C(=O)Oc2ccccc2)CC1. The van der Waals surface area contributed by atoms with Crippen molar-refractivity contribution >= 4 is 5.97 Å². The normalized spacial score (nSPS) is 22.0. The van der Waals surface area contributed by atoms with E-state index in [0.717, 1.165) is 18.8 Å². The molecule has 0 unspecified atom stereocenters. The van der Waals surface area contributed by atoms with Crippen molar-refractivity contribution < 1.29 is 9.53 Å². The Hall–Kier alpha value is -1.31. The Kier molecular flexibility index (Phi) is 6.78. The maximum absolute atomic E-state index is 12.2. The Morgan fingerprint density at radius 3 is 2.43 bits per heavy atom. The number of hydrogen-bond donors (Lipinski definition) is 0. The van der Waals surface area contributed by atoms with E-state index in [0.29, 0.717) is 5.75 Å². The van der Waals surface area contributed by atoms with Crippen LogP contribution >= 0.6 is 0 Å². The van der Waals surface area contributed by atoms with E-state index in [1.54, 1.807) is 0 Å². The zero-order valence-electron chi connectivity index (χ0n) is 13.2. The molecule has 1 saturated carbocycles. The third-order valence-corrected chi connectivity index (χ3v) is 4.61. The monoisotopic (exact) mass is 288 g/mol. The summed E-state index contributed by atoms with van der Waals surface area (Å²) < 4.78 is 5.46. The Morgan fingerprint density at radius 1 is 1.05 bits per heavy atom. The Labute approximate surface area is 128 Å². The highest BCUT2D eigenvalue weighted by atomic mass is 16.5. The lowest BCUT2D eigenvalue weighted by Crippen LogP contribution is -2.25. The fraction of sp³-hybridized carbons (Fsp3) is 0.632. The first-order valence-electron chi connectivity index (χ1n) is 8.56. The van der Waals surface area contributed by atoms with E-state index in [1.165, 1.54) is 44.9 Å². The molecule has 1 aromatic carbocycles. The van der Waals surface area contributed by atoms with Gasteiger partial charge in [-0.3, -0.25) is 4.79 Å². The Balaban J connectivity index is 1.67. The molecule has 2 rings (SSSR count). The lowest BCUT2D eigenvalue weighted by molar-refractivity contribution is -0.140. The Morgan fingerprint density at radius 2 is 1.76 bits per heavy atom. The molecular weight excluding hydrogens is 260 g/mol. The summed E-state index contributed by atoms with van der Waals surface area (Å²) in [7, 11) is 0. The molecule has 1 aliphatic rings. The zero-order chi connectivity index (χ0) is 14.9. The van der Waals surface area contributed by atoms with Crippen molar-refractivity contribution in [3.8, 4) is 5.75 Å². The first-order valence-corrected chi connectivity index (χ1v) is 8.56. The molecule has 0 N–H and O–H groups in total. The minimum absolute atomic E-state index is 0.0365. The number of para-hydroxylation sites is 1. The minimum atomic E-state index is -0.0365. The van der Waals surface area contributed by atoms with Gasteiger partial charge in [-0.15, -0.1) is 0 Å². The highest BCUT2D eigenvalue weighted by Gasteiger charge is 2.27. The van der Waals surface area contributed by atoms with Gasteiger partial charge in [0.25, 0.3) is 0 Å². The van der Waals surface area contributed by atoms with Crippen LogP contribution in [0.15, 0.2) is 30.3 Å². The van der Waals surface area contributed by atoms with E-state index < -0.39 is 0 Å². The van der Waals surface area contributed by atoms with Crippen LogP contribution < -0.4 is 4.74 Å². The summed E-state index contributed by atoms with van der Waals surface area (Å²) in [6, 6.07) is 9.42. The summed E-state index contributed by atoms with van der Waals surface area (Å²) in [5.41, 5.74) is 0. The number of carbonyl (C=O) groups is 1. The fourth-order valence-electron chi connectivity index (χ4n) is 3.23. The van der Waals surface area contributed by atoms with E-state index in [4.69, 9.17) is 4.74 Å². The highest BCUT2D eigenvalue weighted by molar-refractivity contribution is 5.75. The number of unbranched alkanes of at least 4 members (excludes halogenated alkanes) is 3. The molecule has 2 nitrogen and oxygen atoms in total. The van der Waals surface area contributed by atoms with Crippen molar-refractivity contribution in [2.45, 2.75) is 64.7 Å². The number of ether oxygens (including phenoxy) is 1. The minimum Gasteiger partial charge on any atom is -0.426 e. The van der Waals surface area contributed by atoms with E-state index in [1.807, 2.05) is 30.3 Å². The first kappa shape index (κ1) is 16.1. The molecule has 0 heterocycles.